The van der Waals surface area contributed by atoms with Crippen molar-refractivity contribution in [1.82, 2.24) is 9.80 Å². The molecule has 1 saturated heterocycles. The highest BCUT2D eigenvalue weighted by atomic mass is 16.2. The topological polar surface area (TPSA) is 26.8 Å². The minimum atomic E-state index is 0.180. The lowest BCUT2D eigenvalue weighted by molar-refractivity contribution is -0.129. The van der Waals surface area contributed by atoms with E-state index in [4.69, 9.17) is 0 Å². The number of hydrogen-bond acceptors (Lipinski definition) is 3. The number of rotatable bonds is 2. The highest BCUT2D eigenvalue weighted by molar-refractivity contribution is 5.73. The third-order valence-corrected chi connectivity index (χ3v) is 5.06. The molecule has 120 valence electrons. The van der Waals surface area contributed by atoms with Gasteiger partial charge in [-0.3, -0.25) is 9.69 Å². The second kappa shape index (κ2) is 6.29. The van der Waals surface area contributed by atoms with Gasteiger partial charge in [0.15, 0.2) is 0 Å². The predicted molar refractivity (Wildman–Crippen MR) is 90.2 cm³/mol. The number of carbonyl (C=O) groups excluding carboxylic acids is 1. The van der Waals surface area contributed by atoms with Crippen LogP contribution in [-0.2, 0) is 17.8 Å². The van der Waals surface area contributed by atoms with Crippen molar-refractivity contribution < 1.29 is 4.79 Å². The Kier molecular flexibility index (Phi) is 4.39. The van der Waals surface area contributed by atoms with Gasteiger partial charge < -0.3 is 9.80 Å². The summed E-state index contributed by atoms with van der Waals surface area (Å²) in [6, 6.07) is 7.43. The molecular weight excluding hydrogens is 274 g/mol. The van der Waals surface area contributed by atoms with E-state index in [1.54, 1.807) is 6.92 Å². The number of anilines is 1. The number of benzene rings is 1. The van der Waals surface area contributed by atoms with Gasteiger partial charge in [0.1, 0.15) is 0 Å². The lowest BCUT2D eigenvalue weighted by Gasteiger charge is -2.38. The fourth-order valence-electron chi connectivity index (χ4n) is 3.50. The van der Waals surface area contributed by atoms with Crippen molar-refractivity contribution in [2.24, 2.45) is 0 Å². The Morgan fingerprint density at radius 2 is 1.77 bits per heavy atom. The smallest absolute Gasteiger partial charge is 0.219 e. The molecule has 0 unspecified atom stereocenters. The summed E-state index contributed by atoms with van der Waals surface area (Å²) in [7, 11) is 0. The summed E-state index contributed by atoms with van der Waals surface area (Å²) in [6.07, 6.45) is 0.981. The molecule has 4 nitrogen and oxygen atoms in total. The first-order valence-corrected chi connectivity index (χ1v) is 8.41. The van der Waals surface area contributed by atoms with Crippen LogP contribution in [0.25, 0.3) is 0 Å². The standard InChI is InChI=1S/C18H27N3O/c1-14(2)19-8-10-20(11-9-19)18-5-4-17-13-21(15(3)22)7-6-16(17)12-18/h4-5,12,14H,6-11,13H2,1-3H3. The van der Waals surface area contributed by atoms with E-state index in [-0.39, 0.29) is 5.91 Å². The molecule has 1 aromatic rings. The van der Waals surface area contributed by atoms with Crippen LogP contribution >= 0.6 is 0 Å². The predicted octanol–water partition coefficient (Wildman–Crippen LogP) is 2.12. The zero-order valence-electron chi connectivity index (χ0n) is 14.0. The number of piperazine rings is 1. The van der Waals surface area contributed by atoms with Gasteiger partial charge in [-0.05, 0) is 43.5 Å². The highest BCUT2D eigenvalue weighted by Crippen LogP contribution is 2.25. The van der Waals surface area contributed by atoms with E-state index < -0.39 is 0 Å². The molecule has 1 aromatic carbocycles. The summed E-state index contributed by atoms with van der Waals surface area (Å²) in [5.74, 6) is 0.180. The number of carbonyl (C=O) groups is 1. The molecule has 0 spiro atoms. The van der Waals surface area contributed by atoms with E-state index in [0.717, 1.165) is 45.7 Å². The lowest BCUT2D eigenvalue weighted by atomic mass is 9.98. The Labute approximate surface area is 133 Å². The highest BCUT2D eigenvalue weighted by Gasteiger charge is 2.22. The zero-order valence-corrected chi connectivity index (χ0v) is 14.0. The molecule has 1 fully saturated rings. The van der Waals surface area contributed by atoms with Crippen LogP contribution < -0.4 is 4.90 Å². The van der Waals surface area contributed by atoms with E-state index in [1.807, 2.05) is 4.90 Å². The number of hydrogen-bond donors (Lipinski definition) is 0. The van der Waals surface area contributed by atoms with Crippen molar-refractivity contribution >= 4 is 11.6 Å². The molecule has 3 rings (SSSR count). The zero-order chi connectivity index (χ0) is 15.7. The first-order valence-electron chi connectivity index (χ1n) is 8.41. The largest absolute Gasteiger partial charge is 0.369 e. The lowest BCUT2D eigenvalue weighted by Crippen LogP contribution is -2.49. The van der Waals surface area contributed by atoms with Crippen molar-refractivity contribution in [2.75, 3.05) is 37.6 Å². The summed E-state index contributed by atoms with van der Waals surface area (Å²) in [5.41, 5.74) is 4.07. The van der Waals surface area contributed by atoms with E-state index in [0.29, 0.717) is 6.04 Å². The third kappa shape index (κ3) is 3.12. The van der Waals surface area contributed by atoms with Crippen LogP contribution in [0.15, 0.2) is 18.2 Å². The Bertz CT molecular complexity index is 547. The second-order valence-electron chi connectivity index (χ2n) is 6.76. The van der Waals surface area contributed by atoms with Gasteiger partial charge >= 0.3 is 0 Å². The molecule has 0 atom stereocenters. The Balaban J connectivity index is 1.69. The average Bonchev–Trinajstić information content (AvgIpc) is 2.54. The van der Waals surface area contributed by atoms with Gasteiger partial charge in [-0.2, -0.15) is 0 Å². The maximum atomic E-state index is 11.5. The van der Waals surface area contributed by atoms with Gasteiger partial charge in [0, 0.05) is 57.9 Å². The number of amides is 1. The molecule has 0 aliphatic carbocycles. The van der Waals surface area contributed by atoms with E-state index in [1.165, 1.54) is 16.8 Å². The molecule has 22 heavy (non-hydrogen) atoms. The van der Waals surface area contributed by atoms with Crippen LogP contribution in [-0.4, -0.2) is 54.5 Å². The van der Waals surface area contributed by atoms with Crippen LogP contribution in [0.3, 0.4) is 0 Å². The van der Waals surface area contributed by atoms with Crippen LogP contribution in [0.1, 0.15) is 31.9 Å². The fourth-order valence-corrected chi connectivity index (χ4v) is 3.50. The minimum Gasteiger partial charge on any atom is -0.369 e. The van der Waals surface area contributed by atoms with E-state index in [9.17, 15) is 4.79 Å². The second-order valence-corrected chi connectivity index (χ2v) is 6.76. The maximum Gasteiger partial charge on any atom is 0.219 e. The van der Waals surface area contributed by atoms with Gasteiger partial charge in [0.05, 0.1) is 0 Å². The van der Waals surface area contributed by atoms with Crippen molar-refractivity contribution in [1.29, 1.82) is 0 Å². The van der Waals surface area contributed by atoms with Gasteiger partial charge in [-0.15, -0.1) is 0 Å². The van der Waals surface area contributed by atoms with Crippen molar-refractivity contribution in [3.8, 4) is 0 Å². The molecule has 0 bridgehead atoms. The van der Waals surface area contributed by atoms with Crippen LogP contribution in [0, 0.1) is 0 Å². The summed E-state index contributed by atoms with van der Waals surface area (Å²) in [6.45, 7) is 12.3. The molecule has 4 heteroatoms. The Hall–Kier alpha value is -1.55. The molecule has 0 saturated carbocycles. The molecule has 0 N–H and O–H groups in total. The summed E-state index contributed by atoms with van der Waals surface area (Å²) >= 11 is 0. The summed E-state index contributed by atoms with van der Waals surface area (Å²) in [4.78, 5) is 18.5. The minimum absolute atomic E-state index is 0.180. The molecule has 0 radical (unpaired) electrons. The third-order valence-electron chi connectivity index (χ3n) is 5.06. The first-order chi connectivity index (χ1) is 10.5. The average molecular weight is 301 g/mol. The van der Waals surface area contributed by atoms with Crippen molar-refractivity contribution in [2.45, 2.75) is 39.8 Å². The SMILES string of the molecule is CC(=O)N1CCc2cc(N3CCN(C(C)C)CC3)ccc2C1. The summed E-state index contributed by atoms with van der Waals surface area (Å²) in [5, 5.41) is 0. The van der Waals surface area contributed by atoms with Crippen LogP contribution in [0.2, 0.25) is 0 Å². The fraction of sp³-hybridized carbons (Fsp3) is 0.611. The molecule has 1 amide bonds. The first kappa shape index (κ1) is 15.3. The maximum absolute atomic E-state index is 11.5. The normalized spacial score (nSPS) is 19.5. The molecule has 2 heterocycles. The van der Waals surface area contributed by atoms with Crippen LogP contribution in [0.5, 0.6) is 0 Å². The van der Waals surface area contributed by atoms with Crippen molar-refractivity contribution in [3.05, 3.63) is 29.3 Å². The monoisotopic (exact) mass is 301 g/mol. The Morgan fingerprint density at radius 3 is 2.41 bits per heavy atom. The van der Waals surface area contributed by atoms with Crippen LogP contribution in [0.4, 0.5) is 5.69 Å². The van der Waals surface area contributed by atoms with E-state index in [2.05, 4.69) is 41.8 Å². The van der Waals surface area contributed by atoms with E-state index >= 15 is 0 Å². The molecular formula is C18H27N3O. The van der Waals surface area contributed by atoms with Gasteiger partial charge in [0.2, 0.25) is 5.91 Å². The van der Waals surface area contributed by atoms with Crippen molar-refractivity contribution in [3.63, 3.8) is 0 Å². The van der Waals surface area contributed by atoms with Gasteiger partial charge in [-0.25, -0.2) is 0 Å². The molecule has 0 aromatic heterocycles. The molecule has 2 aliphatic rings. The molecule has 2 aliphatic heterocycles. The van der Waals surface area contributed by atoms with Gasteiger partial charge in [0.25, 0.3) is 0 Å². The summed E-state index contributed by atoms with van der Waals surface area (Å²) < 4.78 is 0. The quantitative estimate of drug-likeness (QED) is 0.837. The van der Waals surface area contributed by atoms with Gasteiger partial charge in [-0.1, -0.05) is 6.07 Å². The number of fused-ring (bicyclic) bond motifs is 1. The number of nitrogens with zero attached hydrogens (tertiary/aromatic N) is 3. The Morgan fingerprint density at radius 1 is 1.05 bits per heavy atom.